The monoisotopic (exact) mass is 368 g/mol. The highest BCUT2D eigenvalue weighted by Crippen LogP contribution is 2.21. The van der Waals surface area contributed by atoms with Gasteiger partial charge in [-0.3, -0.25) is 4.79 Å². The summed E-state index contributed by atoms with van der Waals surface area (Å²) in [5.74, 6) is 0.328. The lowest BCUT2D eigenvalue weighted by Crippen LogP contribution is -2.13. The summed E-state index contributed by atoms with van der Waals surface area (Å²) >= 11 is 6.75. The van der Waals surface area contributed by atoms with E-state index in [1.165, 1.54) is 0 Å². The van der Waals surface area contributed by atoms with Gasteiger partial charge in [0.1, 0.15) is 5.82 Å². The van der Waals surface area contributed by atoms with Crippen LogP contribution in [0.4, 0.5) is 5.82 Å². The third-order valence-electron chi connectivity index (χ3n) is 2.42. The topological polar surface area (TPSA) is 42.0 Å². The Morgan fingerprint density at radius 1 is 1.22 bits per heavy atom. The van der Waals surface area contributed by atoms with Crippen LogP contribution in [0.1, 0.15) is 15.9 Å². The summed E-state index contributed by atoms with van der Waals surface area (Å²) in [6, 6.07) is 9.09. The minimum Gasteiger partial charge on any atom is -0.306 e. The van der Waals surface area contributed by atoms with Crippen molar-refractivity contribution in [3.63, 3.8) is 0 Å². The van der Waals surface area contributed by atoms with Crippen molar-refractivity contribution in [2.24, 2.45) is 0 Å². The zero-order valence-electron chi connectivity index (χ0n) is 9.58. The molecule has 0 spiro atoms. The highest BCUT2D eigenvalue weighted by atomic mass is 79.9. The number of carbonyl (C=O) groups is 1. The fourth-order valence-electron chi connectivity index (χ4n) is 1.39. The average Bonchev–Trinajstić information content (AvgIpc) is 2.35. The average molecular weight is 370 g/mol. The Morgan fingerprint density at radius 3 is 2.67 bits per heavy atom. The number of benzene rings is 1. The molecule has 0 unspecified atom stereocenters. The number of pyridine rings is 1. The number of carbonyl (C=O) groups excluding carboxylic acids is 1. The van der Waals surface area contributed by atoms with Crippen LogP contribution in [0.3, 0.4) is 0 Å². The van der Waals surface area contributed by atoms with Gasteiger partial charge in [-0.1, -0.05) is 22.0 Å². The van der Waals surface area contributed by atoms with Crippen LogP contribution < -0.4 is 5.32 Å². The Morgan fingerprint density at radius 2 is 2.00 bits per heavy atom. The maximum absolute atomic E-state index is 12.0. The molecule has 92 valence electrons. The Balaban J connectivity index is 2.22. The van der Waals surface area contributed by atoms with E-state index >= 15 is 0 Å². The minimum absolute atomic E-state index is 0.185. The first-order valence-electron chi connectivity index (χ1n) is 5.26. The van der Waals surface area contributed by atoms with Gasteiger partial charge in [0.05, 0.1) is 4.47 Å². The molecule has 0 aliphatic carbocycles. The first-order valence-corrected chi connectivity index (χ1v) is 6.84. The quantitative estimate of drug-likeness (QED) is 0.863. The summed E-state index contributed by atoms with van der Waals surface area (Å²) in [7, 11) is 0. The molecule has 0 aliphatic rings. The van der Waals surface area contributed by atoms with E-state index in [1.807, 2.05) is 19.1 Å². The van der Waals surface area contributed by atoms with Crippen molar-refractivity contribution in [2.45, 2.75) is 6.92 Å². The molecule has 18 heavy (non-hydrogen) atoms. The van der Waals surface area contributed by atoms with Crippen LogP contribution in [0.2, 0.25) is 0 Å². The van der Waals surface area contributed by atoms with Crippen molar-refractivity contribution in [3.05, 3.63) is 56.6 Å². The van der Waals surface area contributed by atoms with Gasteiger partial charge in [0, 0.05) is 16.2 Å². The normalized spacial score (nSPS) is 10.2. The Bertz CT molecular complexity index is 599. The van der Waals surface area contributed by atoms with Gasteiger partial charge in [-0.15, -0.1) is 0 Å². The number of aryl methyl sites for hydroxylation is 1. The molecule has 0 fully saturated rings. The molecule has 1 heterocycles. The summed E-state index contributed by atoms with van der Waals surface area (Å²) in [4.78, 5) is 16.1. The molecule has 5 heteroatoms. The third-order valence-corrected chi connectivity index (χ3v) is 3.92. The second-order valence-corrected chi connectivity index (χ2v) is 5.46. The molecule has 1 N–H and O–H groups in total. The number of rotatable bonds is 2. The van der Waals surface area contributed by atoms with Crippen molar-refractivity contribution in [2.75, 3.05) is 5.32 Å². The highest BCUT2D eigenvalue weighted by Gasteiger charge is 2.09. The number of nitrogens with one attached hydrogen (secondary N) is 1. The van der Waals surface area contributed by atoms with Crippen LogP contribution in [0.15, 0.2) is 45.5 Å². The standard InChI is InChI=1S/C13H10Br2N2O/c1-8-4-5-9(7-11(8)15)13(18)17-12-10(14)3-2-6-16-12/h2-7H,1H3,(H,16,17,18). The lowest BCUT2D eigenvalue weighted by atomic mass is 10.1. The maximum Gasteiger partial charge on any atom is 0.256 e. The van der Waals surface area contributed by atoms with Gasteiger partial charge in [-0.2, -0.15) is 0 Å². The number of hydrogen-bond acceptors (Lipinski definition) is 2. The molecule has 0 bridgehead atoms. The highest BCUT2D eigenvalue weighted by molar-refractivity contribution is 9.10. The smallest absolute Gasteiger partial charge is 0.256 e. The lowest BCUT2D eigenvalue weighted by molar-refractivity contribution is 0.102. The number of hydrogen-bond donors (Lipinski definition) is 1. The van der Waals surface area contributed by atoms with Crippen molar-refractivity contribution in [3.8, 4) is 0 Å². The Kier molecular flexibility index (Phi) is 4.14. The summed E-state index contributed by atoms with van der Waals surface area (Å²) < 4.78 is 1.67. The first kappa shape index (κ1) is 13.2. The molecular weight excluding hydrogens is 360 g/mol. The number of aromatic nitrogens is 1. The predicted molar refractivity (Wildman–Crippen MR) is 78.8 cm³/mol. The fraction of sp³-hybridized carbons (Fsp3) is 0.0769. The largest absolute Gasteiger partial charge is 0.306 e. The van der Waals surface area contributed by atoms with Crippen LogP contribution >= 0.6 is 31.9 Å². The molecule has 2 rings (SSSR count). The molecule has 0 atom stereocenters. The molecule has 0 saturated heterocycles. The predicted octanol–water partition coefficient (Wildman–Crippen LogP) is 4.17. The summed E-state index contributed by atoms with van der Waals surface area (Å²) in [6.45, 7) is 1.97. The van der Waals surface area contributed by atoms with E-state index in [-0.39, 0.29) is 5.91 Å². The molecule has 0 saturated carbocycles. The Labute approximate surface area is 122 Å². The third kappa shape index (κ3) is 2.97. The Hall–Kier alpha value is -1.20. The molecule has 0 radical (unpaired) electrons. The second kappa shape index (κ2) is 5.63. The van der Waals surface area contributed by atoms with Gasteiger partial charge in [-0.25, -0.2) is 4.98 Å². The van der Waals surface area contributed by atoms with Crippen LogP contribution in [0.25, 0.3) is 0 Å². The molecule has 2 aromatic rings. The van der Waals surface area contributed by atoms with E-state index in [1.54, 1.807) is 24.4 Å². The van der Waals surface area contributed by atoms with Crippen LogP contribution in [-0.4, -0.2) is 10.9 Å². The summed E-state index contributed by atoms with van der Waals surface area (Å²) in [5, 5.41) is 2.76. The van der Waals surface area contributed by atoms with Crippen molar-refractivity contribution in [1.29, 1.82) is 0 Å². The van der Waals surface area contributed by atoms with E-state index in [9.17, 15) is 4.79 Å². The number of amides is 1. The van der Waals surface area contributed by atoms with E-state index in [0.29, 0.717) is 11.4 Å². The van der Waals surface area contributed by atoms with Gasteiger partial charge in [0.2, 0.25) is 0 Å². The molecule has 1 aromatic heterocycles. The van der Waals surface area contributed by atoms with Crippen molar-refractivity contribution >= 4 is 43.6 Å². The van der Waals surface area contributed by atoms with Gasteiger partial charge < -0.3 is 5.32 Å². The molecule has 1 amide bonds. The molecule has 1 aromatic carbocycles. The van der Waals surface area contributed by atoms with Gasteiger partial charge in [0.25, 0.3) is 5.91 Å². The fourth-order valence-corrected chi connectivity index (χ4v) is 2.12. The van der Waals surface area contributed by atoms with E-state index in [4.69, 9.17) is 0 Å². The zero-order chi connectivity index (χ0) is 13.1. The zero-order valence-corrected chi connectivity index (χ0v) is 12.7. The van der Waals surface area contributed by atoms with E-state index in [0.717, 1.165) is 14.5 Å². The number of halogens is 2. The SMILES string of the molecule is Cc1ccc(C(=O)Nc2ncccc2Br)cc1Br. The number of nitrogens with zero attached hydrogens (tertiary/aromatic N) is 1. The minimum atomic E-state index is -0.185. The summed E-state index contributed by atoms with van der Waals surface area (Å²) in [6.07, 6.45) is 1.63. The van der Waals surface area contributed by atoms with E-state index < -0.39 is 0 Å². The molecule has 3 nitrogen and oxygen atoms in total. The first-order chi connectivity index (χ1) is 8.58. The van der Waals surface area contributed by atoms with Gasteiger partial charge in [0.15, 0.2) is 0 Å². The molecule has 0 aliphatic heterocycles. The maximum atomic E-state index is 12.0. The number of anilines is 1. The van der Waals surface area contributed by atoms with Crippen molar-refractivity contribution in [1.82, 2.24) is 4.98 Å². The van der Waals surface area contributed by atoms with Crippen LogP contribution in [-0.2, 0) is 0 Å². The summed E-state index contributed by atoms with van der Waals surface area (Å²) in [5.41, 5.74) is 1.68. The molecular formula is C13H10Br2N2O. The van der Waals surface area contributed by atoms with Crippen molar-refractivity contribution < 1.29 is 4.79 Å². The van der Waals surface area contributed by atoms with Gasteiger partial charge >= 0.3 is 0 Å². The second-order valence-electron chi connectivity index (χ2n) is 3.75. The lowest BCUT2D eigenvalue weighted by Gasteiger charge is -2.07. The van der Waals surface area contributed by atoms with Crippen LogP contribution in [0.5, 0.6) is 0 Å². The van der Waals surface area contributed by atoms with Crippen LogP contribution in [0, 0.1) is 6.92 Å². The van der Waals surface area contributed by atoms with E-state index in [2.05, 4.69) is 42.2 Å². The van der Waals surface area contributed by atoms with Gasteiger partial charge in [-0.05, 0) is 52.7 Å².